The van der Waals surface area contributed by atoms with Crippen LogP contribution in [0.3, 0.4) is 0 Å². The quantitative estimate of drug-likeness (QED) is 0.531. The molecule has 5 nitrogen and oxygen atoms in total. The van der Waals surface area contributed by atoms with Gasteiger partial charge in [0.25, 0.3) is 0 Å². The van der Waals surface area contributed by atoms with Crippen molar-refractivity contribution in [1.82, 2.24) is 0 Å². The normalized spacial score (nSPS) is 16.1. The van der Waals surface area contributed by atoms with Gasteiger partial charge < -0.3 is 14.5 Å². The van der Waals surface area contributed by atoms with Crippen LogP contribution in [0.4, 0.5) is 5.69 Å². The van der Waals surface area contributed by atoms with Gasteiger partial charge in [-0.25, -0.2) is 4.79 Å². The zero-order chi connectivity index (χ0) is 18.7. The third-order valence-corrected chi connectivity index (χ3v) is 5.59. The van der Waals surface area contributed by atoms with Crippen LogP contribution >= 0.6 is 23.2 Å². The SMILES string of the molecule is CC1(C(=O)Nc2ccc(OC(=O)c3ccco3)c(Cl)c2Cl)CCCCC1. The number of hydrogen-bond donors (Lipinski definition) is 1. The average Bonchev–Trinajstić information content (AvgIpc) is 3.16. The Morgan fingerprint density at radius 1 is 1.12 bits per heavy atom. The highest BCUT2D eigenvalue weighted by molar-refractivity contribution is 6.45. The Bertz CT molecular complexity index is 811. The van der Waals surface area contributed by atoms with Crippen molar-refractivity contribution in [3.8, 4) is 5.75 Å². The monoisotopic (exact) mass is 395 g/mol. The molecule has 1 aliphatic rings. The molecular weight excluding hydrogens is 377 g/mol. The Labute approximate surface area is 161 Å². The Kier molecular flexibility index (Phi) is 5.58. The van der Waals surface area contributed by atoms with E-state index in [0.29, 0.717) is 5.69 Å². The molecule has 1 aliphatic carbocycles. The smallest absolute Gasteiger partial charge is 0.379 e. The van der Waals surface area contributed by atoms with Gasteiger partial charge in [-0.3, -0.25) is 4.79 Å². The summed E-state index contributed by atoms with van der Waals surface area (Å²) in [5.41, 5.74) is -0.00960. The number of halogens is 2. The topological polar surface area (TPSA) is 68.5 Å². The minimum atomic E-state index is -0.681. The molecule has 1 amide bonds. The van der Waals surface area contributed by atoms with E-state index in [1.165, 1.54) is 18.4 Å². The van der Waals surface area contributed by atoms with Gasteiger partial charge in [-0.05, 0) is 37.1 Å². The molecule has 1 heterocycles. The number of anilines is 1. The first-order valence-corrected chi connectivity index (χ1v) is 9.21. The summed E-state index contributed by atoms with van der Waals surface area (Å²) in [6.07, 6.45) is 6.31. The average molecular weight is 396 g/mol. The molecule has 0 aliphatic heterocycles. The van der Waals surface area contributed by atoms with Crippen LogP contribution in [0.25, 0.3) is 0 Å². The van der Waals surface area contributed by atoms with E-state index in [0.717, 1.165) is 32.1 Å². The second kappa shape index (κ2) is 7.72. The molecule has 0 unspecified atom stereocenters. The highest BCUT2D eigenvalue weighted by atomic mass is 35.5. The molecular formula is C19H19Cl2NO4. The van der Waals surface area contributed by atoms with Gasteiger partial charge >= 0.3 is 5.97 Å². The first-order chi connectivity index (χ1) is 12.4. The van der Waals surface area contributed by atoms with Crippen molar-refractivity contribution in [1.29, 1.82) is 0 Å². The van der Waals surface area contributed by atoms with E-state index in [9.17, 15) is 9.59 Å². The van der Waals surface area contributed by atoms with Gasteiger partial charge in [0.05, 0.1) is 17.0 Å². The number of nitrogens with one attached hydrogen (secondary N) is 1. The van der Waals surface area contributed by atoms with Gasteiger partial charge in [0, 0.05) is 5.41 Å². The fraction of sp³-hybridized carbons (Fsp3) is 0.368. The van der Waals surface area contributed by atoms with Gasteiger partial charge in [-0.2, -0.15) is 0 Å². The number of amides is 1. The van der Waals surface area contributed by atoms with Crippen LogP contribution in [0.5, 0.6) is 5.75 Å². The number of carbonyl (C=O) groups is 2. The summed E-state index contributed by atoms with van der Waals surface area (Å²) in [6.45, 7) is 1.97. The van der Waals surface area contributed by atoms with Crippen molar-refractivity contribution < 1.29 is 18.7 Å². The number of hydrogen-bond acceptors (Lipinski definition) is 4. The van der Waals surface area contributed by atoms with Gasteiger partial charge in [0.1, 0.15) is 5.02 Å². The van der Waals surface area contributed by atoms with Gasteiger partial charge in [0.2, 0.25) is 11.7 Å². The molecule has 0 spiro atoms. The standard InChI is InChI=1S/C19H19Cl2NO4/c1-19(9-3-2-4-10-19)18(24)22-12-7-8-13(16(21)15(12)20)26-17(23)14-6-5-11-25-14/h5-8,11H,2-4,9-10H2,1H3,(H,22,24). The summed E-state index contributed by atoms with van der Waals surface area (Å²) in [4.78, 5) is 24.6. The predicted molar refractivity (Wildman–Crippen MR) is 100.0 cm³/mol. The Balaban J connectivity index is 1.75. The minimum absolute atomic E-state index is 0.0539. The molecule has 1 saturated carbocycles. The lowest BCUT2D eigenvalue weighted by Gasteiger charge is -2.32. The number of ether oxygens (including phenoxy) is 1. The van der Waals surface area contributed by atoms with Crippen molar-refractivity contribution in [2.24, 2.45) is 5.41 Å². The zero-order valence-electron chi connectivity index (χ0n) is 14.3. The van der Waals surface area contributed by atoms with E-state index in [-0.39, 0.29) is 27.5 Å². The Morgan fingerprint density at radius 2 is 1.85 bits per heavy atom. The van der Waals surface area contributed by atoms with Crippen LogP contribution in [0.15, 0.2) is 34.9 Å². The highest BCUT2D eigenvalue weighted by Crippen LogP contribution is 2.40. The lowest BCUT2D eigenvalue weighted by Crippen LogP contribution is -2.35. The van der Waals surface area contributed by atoms with Crippen molar-refractivity contribution in [2.75, 3.05) is 5.32 Å². The third-order valence-electron chi connectivity index (χ3n) is 4.73. The van der Waals surface area contributed by atoms with E-state index >= 15 is 0 Å². The summed E-state index contributed by atoms with van der Waals surface area (Å²) >= 11 is 12.5. The molecule has 1 aromatic carbocycles. The third kappa shape index (κ3) is 3.89. The second-order valence-electron chi connectivity index (χ2n) is 6.68. The lowest BCUT2D eigenvalue weighted by atomic mass is 9.75. The molecule has 0 saturated heterocycles. The molecule has 0 radical (unpaired) electrons. The second-order valence-corrected chi connectivity index (χ2v) is 7.44. The fourth-order valence-corrected chi connectivity index (χ4v) is 3.49. The maximum absolute atomic E-state index is 12.7. The number of esters is 1. The van der Waals surface area contributed by atoms with E-state index in [1.54, 1.807) is 12.1 Å². The van der Waals surface area contributed by atoms with Crippen LogP contribution in [-0.4, -0.2) is 11.9 Å². The van der Waals surface area contributed by atoms with E-state index in [1.807, 2.05) is 6.92 Å². The fourth-order valence-electron chi connectivity index (χ4n) is 3.08. The van der Waals surface area contributed by atoms with Crippen LogP contribution < -0.4 is 10.1 Å². The summed E-state index contributed by atoms with van der Waals surface area (Å²) in [5, 5.41) is 3.04. The first-order valence-electron chi connectivity index (χ1n) is 8.46. The maximum atomic E-state index is 12.7. The minimum Gasteiger partial charge on any atom is -0.457 e. The zero-order valence-corrected chi connectivity index (χ0v) is 15.8. The highest BCUT2D eigenvalue weighted by Gasteiger charge is 2.35. The first kappa shape index (κ1) is 18.8. The van der Waals surface area contributed by atoms with Crippen molar-refractivity contribution in [3.63, 3.8) is 0 Å². The van der Waals surface area contributed by atoms with Gasteiger partial charge in [-0.15, -0.1) is 0 Å². The Morgan fingerprint density at radius 3 is 2.50 bits per heavy atom. The molecule has 26 heavy (non-hydrogen) atoms. The summed E-state index contributed by atoms with van der Waals surface area (Å²) in [6, 6.07) is 6.13. The predicted octanol–water partition coefficient (Wildman–Crippen LogP) is 5.71. The van der Waals surface area contributed by atoms with Gasteiger partial charge in [0.15, 0.2) is 5.75 Å². The number of furan rings is 1. The van der Waals surface area contributed by atoms with Crippen LogP contribution in [0.1, 0.15) is 49.6 Å². The van der Waals surface area contributed by atoms with Crippen molar-refractivity contribution in [3.05, 3.63) is 46.3 Å². The lowest BCUT2D eigenvalue weighted by molar-refractivity contribution is -0.126. The van der Waals surface area contributed by atoms with E-state index in [4.69, 9.17) is 32.4 Å². The van der Waals surface area contributed by atoms with Crippen LogP contribution in [0.2, 0.25) is 10.0 Å². The van der Waals surface area contributed by atoms with Crippen LogP contribution in [-0.2, 0) is 4.79 Å². The molecule has 2 aromatic rings. The van der Waals surface area contributed by atoms with Crippen LogP contribution in [0, 0.1) is 5.41 Å². The number of carbonyl (C=O) groups excluding carboxylic acids is 2. The molecule has 0 bridgehead atoms. The molecule has 138 valence electrons. The number of rotatable bonds is 4. The molecule has 1 N–H and O–H groups in total. The summed E-state index contributed by atoms with van der Waals surface area (Å²) in [5.74, 6) is -0.602. The molecule has 1 aromatic heterocycles. The van der Waals surface area contributed by atoms with E-state index < -0.39 is 11.4 Å². The molecule has 0 atom stereocenters. The van der Waals surface area contributed by atoms with E-state index in [2.05, 4.69) is 5.32 Å². The summed E-state index contributed by atoms with van der Waals surface area (Å²) < 4.78 is 10.2. The van der Waals surface area contributed by atoms with Crippen molar-refractivity contribution >= 4 is 40.8 Å². The Hall–Kier alpha value is -1.98. The van der Waals surface area contributed by atoms with Crippen molar-refractivity contribution in [2.45, 2.75) is 39.0 Å². The molecule has 7 heteroatoms. The summed E-state index contributed by atoms with van der Waals surface area (Å²) in [7, 11) is 0. The maximum Gasteiger partial charge on any atom is 0.379 e. The molecule has 1 fully saturated rings. The number of benzene rings is 1. The largest absolute Gasteiger partial charge is 0.457 e. The molecule has 3 rings (SSSR count). The van der Waals surface area contributed by atoms with Gasteiger partial charge in [-0.1, -0.05) is 49.4 Å².